The first kappa shape index (κ1) is 5.88. The summed E-state index contributed by atoms with van der Waals surface area (Å²) in [6, 6.07) is 0. The minimum absolute atomic E-state index is 0.430. The van der Waals surface area contributed by atoms with Crippen LogP contribution in [0.1, 0.15) is 5.82 Å². The summed E-state index contributed by atoms with van der Waals surface area (Å²) in [5, 5.41) is 0. The van der Waals surface area contributed by atoms with Gasteiger partial charge in [-0.3, -0.25) is 0 Å². The number of hydrogen-bond donors (Lipinski definition) is 0. The smallest absolute Gasteiger partial charge is 0.159 e. The third kappa shape index (κ3) is 1.32. The van der Waals surface area contributed by atoms with Crippen LogP contribution >= 0.6 is 0 Å². The molecule has 1 rings (SSSR count). The quantitative estimate of drug-likeness (QED) is 0.563. The Balaban J connectivity index is 3.01. The van der Waals surface area contributed by atoms with Gasteiger partial charge in [-0.1, -0.05) is 6.58 Å². The van der Waals surface area contributed by atoms with Crippen LogP contribution in [0, 0.1) is 5.82 Å². The highest BCUT2D eigenvalue weighted by molar-refractivity contribution is 5.34. The molecule has 0 unspecified atom stereocenters. The summed E-state index contributed by atoms with van der Waals surface area (Å²) in [5.74, 6) is 0.0111. The molecule has 1 aromatic heterocycles. The number of nitrogens with zero attached hydrogens (tertiary/aromatic N) is 2. The van der Waals surface area contributed by atoms with E-state index in [9.17, 15) is 4.39 Å². The summed E-state index contributed by atoms with van der Waals surface area (Å²) in [7, 11) is 0. The Morgan fingerprint density at radius 2 is 2.00 bits per heavy atom. The minimum Gasteiger partial charge on any atom is -0.234 e. The SMILES string of the molecule is C=Cc1ncc(F)cn1. The molecule has 0 fully saturated rings. The van der Waals surface area contributed by atoms with E-state index in [-0.39, 0.29) is 0 Å². The molecule has 0 bridgehead atoms. The number of rotatable bonds is 1. The van der Waals surface area contributed by atoms with Gasteiger partial charge in [0.05, 0.1) is 12.4 Å². The van der Waals surface area contributed by atoms with E-state index in [1.807, 2.05) is 0 Å². The van der Waals surface area contributed by atoms with Crippen molar-refractivity contribution in [3.8, 4) is 0 Å². The van der Waals surface area contributed by atoms with E-state index in [0.29, 0.717) is 5.82 Å². The molecule has 3 heteroatoms. The summed E-state index contributed by atoms with van der Waals surface area (Å²) in [6.45, 7) is 3.41. The van der Waals surface area contributed by atoms with E-state index in [0.717, 1.165) is 12.4 Å². The van der Waals surface area contributed by atoms with Crippen molar-refractivity contribution < 1.29 is 4.39 Å². The standard InChI is InChI=1S/C6H5FN2/c1-2-6-8-3-5(7)4-9-6/h2-4H,1H2. The zero-order valence-corrected chi connectivity index (χ0v) is 4.71. The molecule has 1 heterocycles. The summed E-state index contributed by atoms with van der Waals surface area (Å²) >= 11 is 0. The highest BCUT2D eigenvalue weighted by Gasteiger charge is 1.88. The Labute approximate surface area is 52.1 Å². The van der Waals surface area contributed by atoms with E-state index in [2.05, 4.69) is 16.5 Å². The first-order valence-electron chi connectivity index (χ1n) is 2.43. The molecule has 0 saturated carbocycles. The molecule has 9 heavy (non-hydrogen) atoms. The zero-order chi connectivity index (χ0) is 6.69. The highest BCUT2D eigenvalue weighted by Crippen LogP contribution is 1.92. The summed E-state index contributed by atoms with van der Waals surface area (Å²) in [6.07, 6.45) is 3.66. The molecule has 0 amide bonds. The fraction of sp³-hybridized carbons (Fsp3) is 0. The lowest BCUT2D eigenvalue weighted by Gasteiger charge is -1.87. The van der Waals surface area contributed by atoms with E-state index in [4.69, 9.17) is 0 Å². The van der Waals surface area contributed by atoms with Gasteiger partial charge in [-0.25, -0.2) is 14.4 Å². The third-order valence-corrected chi connectivity index (χ3v) is 0.823. The van der Waals surface area contributed by atoms with Crippen LogP contribution in [0.3, 0.4) is 0 Å². The van der Waals surface area contributed by atoms with Gasteiger partial charge < -0.3 is 0 Å². The maximum Gasteiger partial charge on any atom is 0.159 e. The Morgan fingerprint density at radius 3 is 2.44 bits per heavy atom. The molecule has 0 radical (unpaired) electrons. The van der Waals surface area contributed by atoms with E-state index >= 15 is 0 Å². The average Bonchev–Trinajstić information content (AvgIpc) is 1.90. The third-order valence-electron chi connectivity index (χ3n) is 0.823. The molecular weight excluding hydrogens is 119 g/mol. The maximum absolute atomic E-state index is 12.1. The van der Waals surface area contributed by atoms with Crippen molar-refractivity contribution >= 4 is 6.08 Å². The monoisotopic (exact) mass is 124 g/mol. The molecule has 0 saturated heterocycles. The number of halogens is 1. The van der Waals surface area contributed by atoms with Crippen molar-refractivity contribution in [2.75, 3.05) is 0 Å². The molecule has 1 aromatic rings. The van der Waals surface area contributed by atoms with Crippen LogP contribution in [-0.4, -0.2) is 9.97 Å². The van der Waals surface area contributed by atoms with E-state index in [1.165, 1.54) is 6.08 Å². The summed E-state index contributed by atoms with van der Waals surface area (Å²) < 4.78 is 12.1. The predicted molar refractivity (Wildman–Crippen MR) is 32.1 cm³/mol. The molecule has 0 spiro atoms. The molecule has 46 valence electrons. The van der Waals surface area contributed by atoms with Crippen LogP contribution in [0.2, 0.25) is 0 Å². The summed E-state index contributed by atoms with van der Waals surface area (Å²) in [4.78, 5) is 7.19. The Morgan fingerprint density at radius 1 is 1.44 bits per heavy atom. The van der Waals surface area contributed by atoms with Crippen LogP contribution in [-0.2, 0) is 0 Å². The Kier molecular flexibility index (Phi) is 1.53. The topological polar surface area (TPSA) is 25.8 Å². The van der Waals surface area contributed by atoms with E-state index in [1.54, 1.807) is 0 Å². The Bertz CT molecular complexity index is 205. The van der Waals surface area contributed by atoms with Gasteiger partial charge in [0, 0.05) is 0 Å². The van der Waals surface area contributed by atoms with Gasteiger partial charge in [0.2, 0.25) is 0 Å². The first-order chi connectivity index (χ1) is 4.33. The molecule has 0 aromatic carbocycles. The lowest BCUT2D eigenvalue weighted by molar-refractivity contribution is 0.612. The second kappa shape index (κ2) is 2.35. The molecular formula is C6H5FN2. The minimum atomic E-state index is -0.430. The van der Waals surface area contributed by atoms with Crippen molar-refractivity contribution in [1.82, 2.24) is 9.97 Å². The second-order valence-electron chi connectivity index (χ2n) is 1.46. The lowest BCUT2D eigenvalue weighted by Crippen LogP contribution is -1.86. The fourth-order valence-electron chi connectivity index (χ4n) is 0.428. The first-order valence-corrected chi connectivity index (χ1v) is 2.43. The molecule has 0 atom stereocenters. The van der Waals surface area contributed by atoms with Crippen molar-refractivity contribution in [2.45, 2.75) is 0 Å². The van der Waals surface area contributed by atoms with Crippen LogP contribution in [0.4, 0.5) is 4.39 Å². The van der Waals surface area contributed by atoms with Crippen LogP contribution < -0.4 is 0 Å². The van der Waals surface area contributed by atoms with Crippen molar-refractivity contribution in [1.29, 1.82) is 0 Å². The second-order valence-corrected chi connectivity index (χ2v) is 1.46. The van der Waals surface area contributed by atoms with Gasteiger partial charge in [0.25, 0.3) is 0 Å². The highest BCUT2D eigenvalue weighted by atomic mass is 19.1. The zero-order valence-electron chi connectivity index (χ0n) is 4.71. The molecule has 0 N–H and O–H groups in total. The average molecular weight is 124 g/mol. The van der Waals surface area contributed by atoms with Crippen LogP contribution in [0.15, 0.2) is 19.0 Å². The fourth-order valence-corrected chi connectivity index (χ4v) is 0.428. The van der Waals surface area contributed by atoms with Crippen molar-refractivity contribution in [2.24, 2.45) is 0 Å². The van der Waals surface area contributed by atoms with Gasteiger partial charge in [0.1, 0.15) is 0 Å². The normalized spacial score (nSPS) is 9.00. The van der Waals surface area contributed by atoms with Crippen molar-refractivity contribution in [3.05, 3.63) is 30.6 Å². The lowest BCUT2D eigenvalue weighted by atomic mass is 10.5. The van der Waals surface area contributed by atoms with Crippen LogP contribution in [0.25, 0.3) is 6.08 Å². The van der Waals surface area contributed by atoms with Crippen molar-refractivity contribution in [3.63, 3.8) is 0 Å². The maximum atomic E-state index is 12.1. The largest absolute Gasteiger partial charge is 0.234 e. The number of hydrogen-bond acceptors (Lipinski definition) is 2. The van der Waals surface area contributed by atoms with E-state index < -0.39 is 5.82 Å². The van der Waals surface area contributed by atoms with Gasteiger partial charge >= 0.3 is 0 Å². The number of aromatic nitrogens is 2. The van der Waals surface area contributed by atoms with Gasteiger partial charge in [0.15, 0.2) is 11.6 Å². The van der Waals surface area contributed by atoms with Gasteiger partial charge in [-0.2, -0.15) is 0 Å². The Hall–Kier alpha value is -1.25. The van der Waals surface area contributed by atoms with Crippen LogP contribution in [0.5, 0.6) is 0 Å². The molecule has 0 aliphatic heterocycles. The van der Waals surface area contributed by atoms with Gasteiger partial charge in [-0.15, -0.1) is 0 Å². The van der Waals surface area contributed by atoms with Gasteiger partial charge in [-0.05, 0) is 6.08 Å². The summed E-state index contributed by atoms with van der Waals surface area (Å²) in [5.41, 5.74) is 0. The molecule has 0 aliphatic rings. The molecule has 0 aliphatic carbocycles. The molecule has 2 nitrogen and oxygen atoms in total. The predicted octanol–water partition coefficient (Wildman–Crippen LogP) is 1.26.